The van der Waals surface area contributed by atoms with Crippen LogP contribution in [-0.4, -0.2) is 29.3 Å². The highest BCUT2D eigenvalue weighted by atomic mass is 35.5. The first-order valence-electron chi connectivity index (χ1n) is 6.79. The summed E-state index contributed by atoms with van der Waals surface area (Å²) in [6.45, 7) is 3.27. The zero-order valence-electron chi connectivity index (χ0n) is 12.4. The van der Waals surface area contributed by atoms with Gasteiger partial charge in [0.1, 0.15) is 5.92 Å². The molecule has 0 bridgehead atoms. The van der Waals surface area contributed by atoms with Gasteiger partial charge >= 0.3 is 12.1 Å². The molecule has 0 saturated heterocycles. The molecule has 0 spiro atoms. The van der Waals surface area contributed by atoms with Gasteiger partial charge in [-0.2, -0.15) is 5.26 Å². The fourth-order valence-corrected chi connectivity index (χ4v) is 2.95. The molecule has 1 aliphatic rings. The summed E-state index contributed by atoms with van der Waals surface area (Å²) in [6.07, 6.45) is -0.866. The highest BCUT2D eigenvalue weighted by Crippen LogP contribution is 2.36. The van der Waals surface area contributed by atoms with Crippen molar-refractivity contribution in [2.45, 2.75) is 19.9 Å². The number of carbonyl (C=O) groups is 2. The number of hydrogen-bond acceptors (Lipinski definition) is 4. The minimum atomic E-state index is -0.903. The number of halogens is 2. The lowest BCUT2D eigenvalue weighted by Gasteiger charge is -2.34. The Hall–Kier alpha value is -2.10. The third kappa shape index (κ3) is 3.46. The van der Waals surface area contributed by atoms with E-state index < -0.39 is 24.1 Å². The lowest BCUT2D eigenvalue weighted by molar-refractivity contribution is 0.0982. The molecule has 2 unspecified atom stereocenters. The number of urea groups is 1. The van der Waals surface area contributed by atoms with Gasteiger partial charge in [-0.3, -0.25) is 0 Å². The first-order valence-corrected chi connectivity index (χ1v) is 7.55. The average molecular weight is 354 g/mol. The standard InChI is InChI=1S/C15H13Cl2N3O3/c1-3-23-15(22)20-13(9-4-10(16)6-11(17)5-9)12(7-18)8(2)19-14(20)21/h4-6,12-13H,3H2,1-2H3. The van der Waals surface area contributed by atoms with Gasteiger partial charge in [0.05, 0.1) is 18.7 Å². The number of amides is 3. The number of ether oxygens (including phenoxy) is 1. The minimum absolute atomic E-state index is 0.0888. The predicted octanol–water partition coefficient (Wildman–Crippen LogP) is 4.23. The Bertz CT molecular complexity index is 707. The van der Waals surface area contributed by atoms with E-state index in [9.17, 15) is 14.9 Å². The topological polar surface area (TPSA) is 82.8 Å². The van der Waals surface area contributed by atoms with Gasteiger partial charge in [-0.15, -0.1) is 0 Å². The Morgan fingerprint density at radius 3 is 2.52 bits per heavy atom. The fraction of sp³-hybridized carbons (Fsp3) is 0.333. The zero-order valence-corrected chi connectivity index (χ0v) is 13.9. The van der Waals surface area contributed by atoms with Gasteiger partial charge < -0.3 is 4.74 Å². The monoisotopic (exact) mass is 353 g/mol. The van der Waals surface area contributed by atoms with E-state index in [1.807, 2.05) is 0 Å². The molecule has 23 heavy (non-hydrogen) atoms. The first kappa shape index (κ1) is 17.3. The van der Waals surface area contributed by atoms with Crippen LogP contribution in [0.25, 0.3) is 0 Å². The van der Waals surface area contributed by atoms with Crippen molar-refractivity contribution in [2.75, 3.05) is 6.61 Å². The molecule has 1 heterocycles. The normalized spacial score (nSPS) is 20.7. The summed E-state index contributed by atoms with van der Waals surface area (Å²) in [5, 5.41) is 10.1. The number of rotatable bonds is 2. The van der Waals surface area contributed by atoms with Crippen LogP contribution in [0.1, 0.15) is 25.5 Å². The molecule has 1 aromatic carbocycles. The molecule has 0 fully saturated rings. The Labute approximate surface area is 143 Å². The fourth-order valence-electron chi connectivity index (χ4n) is 2.41. The second-order valence-corrected chi connectivity index (χ2v) is 5.73. The van der Waals surface area contributed by atoms with Crippen molar-refractivity contribution >= 4 is 41.0 Å². The number of nitrogens with zero attached hydrogens (tertiary/aromatic N) is 3. The largest absolute Gasteiger partial charge is 0.449 e. The highest BCUT2D eigenvalue weighted by molar-refractivity contribution is 6.34. The quantitative estimate of drug-likeness (QED) is 0.796. The molecule has 3 amide bonds. The SMILES string of the molecule is CCOC(=O)N1C(=O)N=C(C)C(C#N)C1c1cc(Cl)cc(Cl)c1. The molecule has 8 heteroatoms. The molecule has 1 aromatic rings. The Morgan fingerprint density at radius 2 is 2.00 bits per heavy atom. The Morgan fingerprint density at radius 1 is 1.39 bits per heavy atom. The summed E-state index contributed by atoms with van der Waals surface area (Å²) in [5.74, 6) is -0.813. The Kier molecular flexibility index (Phi) is 5.24. The van der Waals surface area contributed by atoms with E-state index >= 15 is 0 Å². The van der Waals surface area contributed by atoms with E-state index in [1.165, 1.54) is 6.07 Å². The van der Waals surface area contributed by atoms with Crippen molar-refractivity contribution in [3.8, 4) is 6.07 Å². The van der Waals surface area contributed by atoms with Crippen LogP contribution in [0.3, 0.4) is 0 Å². The molecule has 120 valence electrons. The van der Waals surface area contributed by atoms with Crippen molar-refractivity contribution in [3.63, 3.8) is 0 Å². The molecule has 1 aliphatic heterocycles. The number of carbonyl (C=O) groups excluding carboxylic acids is 2. The first-order chi connectivity index (χ1) is 10.9. The van der Waals surface area contributed by atoms with Crippen LogP contribution in [0.2, 0.25) is 10.0 Å². The summed E-state index contributed by atoms with van der Waals surface area (Å²) in [7, 11) is 0. The zero-order chi connectivity index (χ0) is 17.1. The van der Waals surface area contributed by atoms with Crippen LogP contribution >= 0.6 is 23.2 Å². The molecule has 0 saturated carbocycles. The van der Waals surface area contributed by atoms with E-state index in [0.717, 1.165) is 4.90 Å². The van der Waals surface area contributed by atoms with Crippen molar-refractivity contribution in [2.24, 2.45) is 10.9 Å². The smallest absolute Gasteiger partial charge is 0.418 e. The van der Waals surface area contributed by atoms with Crippen molar-refractivity contribution in [3.05, 3.63) is 33.8 Å². The van der Waals surface area contributed by atoms with Crippen LogP contribution in [0, 0.1) is 17.2 Å². The number of hydrogen-bond donors (Lipinski definition) is 0. The van der Waals surface area contributed by atoms with Gasteiger partial charge in [0, 0.05) is 15.8 Å². The van der Waals surface area contributed by atoms with Crippen molar-refractivity contribution in [1.82, 2.24) is 4.90 Å². The minimum Gasteiger partial charge on any atom is -0.449 e. The lowest BCUT2D eigenvalue weighted by Crippen LogP contribution is -2.46. The van der Waals surface area contributed by atoms with Crippen molar-refractivity contribution in [1.29, 1.82) is 5.26 Å². The van der Waals surface area contributed by atoms with E-state index in [4.69, 9.17) is 27.9 Å². The molecule has 0 aliphatic carbocycles. The van der Waals surface area contributed by atoms with Gasteiger partial charge in [-0.25, -0.2) is 19.5 Å². The summed E-state index contributed by atoms with van der Waals surface area (Å²) in [6, 6.07) is 5.02. The molecular weight excluding hydrogens is 341 g/mol. The lowest BCUT2D eigenvalue weighted by atomic mass is 9.88. The van der Waals surface area contributed by atoms with E-state index in [2.05, 4.69) is 11.1 Å². The highest BCUT2D eigenvalue weighted by Gasteiger charge is 2.42. The number of aliphatic imine (C=N–C) groups is 1. The van der Waals surface area contributed by atoms with E-state index in [1.54, 1.807) is 26.0 Å². The molecule has 2 rings (SSSR count). The van der Waals surface area contributed by atoms with Crippen LogP contribution in [-0.2, 0) is 4.74 Å². The maximum absolute atomic E-state index is 12.2. The molecule has 0 N–H and O–H groups in total. The number of benzene rings is 1. The third-order valence-corrected chi connectivity index (χ3v) is 3.79. The second-order valence-electron chi connectivity index (χ2n) is 4.86. The summed E-state index contributed by atoms with van der Waals surface area (Å²) < 4.78 is 4.91. The average Bonchev–Trinajstić information content (AvgIpc) is 2.45. The number of imide groups is 1. The predicted molar refractivity (Wildman–Crippen MR) is 85.7 cm³/mol. The van der Waals surface area contributed by atoms with Gasteiger partial charge in [0.15, 0.2) is 0 Å². The summed E-state index contributed by atoms with van der Waals surface area (Å²) in [4.78, 5) is 28.9. The van der Waals surface area contributed by atoms with Gasteiger partial charge in [-0.05, 0) is 37.6 Å². The van der Waals surface area contributed by atoms with Crippen LogP contribution in [0.15, 0.2) is 23.2 Å². The van der Waals surface area contributed by atoms with Gasteiger partial charge in [0.25, 0.3) is 0 Å². The summed E-state index contributed by atoms with van der Waals surface area (Å²) >= 11 is 12.0. The maximum Gasteiger partial charge on any atom is 0.418 e. The van der Waals surface area contributed by atoms with Gasteiger partial charge in [-0.1, -0.05) is 23.2 Å². The molecule has 0 aromatic heterocycles. The Balaban J connectivity index is 2.60. The maximum atomic E-state index is 12.2. The summed E-state index contributed by atoms with van der Waals surface area (Å²) in [5.41, 5.74) is 0.781. The van der Waals surface area contributed by atoms with Crippen LogP contribution in [0.4, 0.5) is 9.59 Å². The molecule has 6 nitrogen and oxygen atoms in total. The third-order valence-electron chi connectivity index (χ3n) is 3.35. The second kappa shape index (κ2) is 6.99. The number of nitriles is 1. The van der Waals surface area contributed by atoms with E-state index in [0.29, 0.717) is 21.3 Å². The van der Waals surface area contributed by atoms with Crippen LogP contribution < -0.4 is 0 Å². The molecular formula is C15H13Cl2N3O3. The molecule has 0 radical (unpaired) electrons. The molecule has 2 atom stereocenters. The van der Waals surface area contributed by atoms with E-state index in [-0.39, 0.29) is 6.61 Å². The van der Waals surface area contributed by atoms with Crippen LogP contribution in [0.5, 0.6) is 0 Å². The van der Waals surface area contributed by atoms with Gasteiger partial charge in [0.2, 0.25) is 0 Å². The van der Waals surface area contributed by atoms with Crippen molar-refractivity contribution < 1.29 is 14.3 Å².